The highest BCUT2D eigenvalue weighted by molar-refractivity contribution is 5.92. The van der Waals surface area contributed by atoms with E-state index < -0.39 is 58.9 Å². The highest BCUT2D eigenvalue weighted by Gasteiger charge is 2.25. The van der Waals surface area contributed by atoms with Crippen LogP contribution < -0.4 is 4.74 Å². The average molecular weight is 639 g/mol. The molecule has 1 saturated heterocycles. The minimum Gasteiger partial charge on any atom is -0.478 e. The van der Waals surface area contributed by atoms with Gasteiger partial charge >= 0.3 is 5.97 Å². The summed E-state index contributed by atoms with van der Waals surface area (Å²) in [6, 6.07) is 8.61. The number of aromatic nitrogens is 3. The fourth-order valence-corrected chi connectivity index (χ4v) is 5.02. The van der Waals surface area contributed by atoms with E-state index in [9.17, 15) is 27.5 Å². The zero-order valence-electron chi connectivity index (χ0n) is 23.5. The monoisotopic (exact) mass is 638 g/mol. The topological polar surface area (TPSA) is 110 Å². The zero-order valence-corrected chi connectivity index (χ0v) is 23.5. The zero-order chi connectivity index (χ0) is 32.7. The number of imidazole rings is 1. The van der Waals surface area contributed by atoms with E-state index in [1.165, 1.54) is 16.7 Å². The van der Waals surface area contributed by atoms with E-state index in [0.29, 0.717) is 19.1 Å². The number of halogens is 6. The van der Waals surface area contributed by atoms with E-state index >= 15 is 8.78 Å². The van der Waals surface area contributed by atoms with E-state index in [0.717, 1.165) is 36.4 Å². The van der Waals surface area contributed by atoms with Crippen LogP contribution in [0.1, 0.15) is 39.3 Å². The van der Waals surface area contributed by atoms with E-state index in [1.54, 1.807) is 0 Å². The van der Waals surface area contributed by atoms with Gasteiger partial charge in [0.1, 0.15) is 47.3 Å². The van der Waals surface area contributed by atoms with Crippen LogP contribution in [-0.4, -0.2) is 38.3 Å². The molecule has 234 valence electrons. The third-order valence-corrected chi connectivity index (χ3v) is 7.51. The van der Waals surface area contributed by atoms with Crippen LogP contribution in [0, 0.1) is 46.2 Å². The molecule has 46 heavy (non-hydrogen) atoms. The molecule has 0 radical (unpaired) electrons. The van der Waals surface area contributed by atoms with Gasteiger partial charge in [0.2, 0.25) is 0 Å². The lowest BCUT2D eigenvalue weighted by Gasteiger charge is -2.27. The summed E-state index contributed by atoms with van der Waals surface area (Å²) in [6.45, 7) is 0.00853. The number of hydrogen-bond acceptors (Lipinski definition) is 6. The lowest BCUT2D eigenvalue weighted by atomic mass is 10.0. The van der Waals surface area contributed by atoms with Crippen molar-refractivity contribution >= 4 is 17.0 Å². The Labute approximate surface area is 256 Å². The van der Waals surface area contributed by atoms with Crippen LogP contribution in [0.3, 0.4) is 0 Å². The quantitative estimate of drug-likeness (QED) is 0.185. The largest absolute Gasteiger partial charge is 0.478 e. The van der Waals surface area contributed by atoms with E-state index in [4.69, 9.17) is 14.7 Å². The minimum atomic E-state index is -1.35. The fraction of sp³-hybridized carbons (Fsp3) is 0.188. The summed E-state index contributed by atoms with van der Waals surface area (Å²) in [6.07, 6.45) is 0.127. The average Bonchev–Trinajstić information content (AvgIpc) is 3.34. The molecule has 1 atom stereocenters. The van der Waals surface area contributed by atoms with Crippen LogP contribution in [0.2, 0.25) is 0 Å². The van der Waals surface area contributed by atoms with Gasteiger partial charge in [-0.05, 0) is 60.5 Å². The van der Waals surface area contributed by atoms with Crippen LogP contribution in [0.5, 0.6) is 5.88 Å². The molecule has 1 aliphatic rings. The fourth-order valence-electron chi connectivity index (χ4n) is 5.02. The molecule has 2 aromatic heterocycles. The summed E-state index contributed by atoms with van der Waals surface area (Å²) in [5.74, 6) is -7.64. The highest BCUT2D eigenvalue weighted by atomic mass is 19.1. The van der Waals surface area contributed by atoms with Crippen molar-refractivity contribution in [3.05, 3.63) is 112 Å². The molecule has 1 fully saturated rings. The van der Waals surface area contributed by atoms with Gasteiger partial charge in [0.25, 0.3) is 5.88 Å². The number of nitrogens with zero attached hydrogens (tertiary/aromatic N) is 4. The maximum absolute atomic E-state index is 15.5. The van der Waals surface area contributed by atoms with E-state index in [1.807, 2.05) is 0 Å². The third-order valence-electron chi connectivity index (χ3n) is 7.51. The van der Waals surface area contributed by atoms with Gasteiger partial charge in [-0.1, -0.05) is 0 Å². The van der Waals surface area contributed by atoms with Crippen molar-refractivity contribution in [2.45, 2.75) is 32.1 Å². The first-order valence-electron chi connectivity index (χ1n) is 13.7. The standard InChI is InChI=1S/C32H20F6N4O4/c33-21-1-2-27(40-31(21)46-14-18-8-22(34)17(12-39)7-23(18)35)20-11-24(36)15(5-25(20)37)10-29-41-30-26(38)6-16(32(43)44)9-28(30)42(29)13-19-3-4-45-19/h1-2,5-9,11,19H,3-4,10,13-14H2,(H,43,44)/t19-/m0/s1. The Kier molecular flexibility index (Phi) is 8.09. The van der Waals surface area contributed by atoms with Crippen LogP contribution >= 0.6 is 0 Å². The van der Waals surface area contributed by atoms with E-state index in [-0.39, 0.29) is 63.9 Å². The second-order valence-electron chi connectivity index (χ2n) is 10.5. The van der Waals surface area contributed by atoms with Gasteiger partial charge in [-0.3, -0.25) is 0 Å². The minimum absolute atomic E-state index is 0.136. The highest BCUT2D eigenvalue weighted by Crippen LogP contribution is 2.30. The number of fused-ring (bicyclic) bond motifs is 1. The Morgan fingerprint density at radius 2 is 1.67 bits per heavy atom. The molecule has 0 spiro atoms. The number of nitriles is 1. The van der Waals surface area contributed by atoms with Crippen molar-refractivity contribution < 1.29 is 45.7 Å². The molecule has 0 amide bonds. The molecule has 0 unspecified atom stereocenters. The van der Waals surface area contributed by atoms with Gasteiger partial charge in [0.05, 0.1) is 35.0 Å². The van der Waals surface area contributed by atoms with Gasteiger partial charge in [0, 0.05) is 24.2 Å². The first-order chi connectivity index (χ1) is 22.0. The summed E-state index contributed by atoms with van der Waals surface area (Å²) in [5.41, 5.74) is -1.91. The Bertz CT molecular complexity index is 2070. The number of carbonyl (C=O) groups is 1. The summed E-state index contributed by atoms with van der Waals surface area (Å²) < 4.78 is 101. The summed E-state index contributed by atoms with van der Waals surface area (Å²) in [7, 11) is 0. The van der Waals surface area contributed by atoms with Crippen LogP contribution in [0.25, 0.3) is 22.3 Å². The smallest absolute Gasteiger partial charge is 0.335 e. The van der Waals surface area contributed by atoms with Crippen molar-refractivity contribution in [1.82, 2.24) is 14.5 Å². The maximum Gasteiger partial charge on any atom is 0.335 e. The van der Waals surface area contributed by atoms with Gasteiger partial charge in [-0.15, -0.1) is 0 Å². The first kappa shape index (κ1) is 30.6. The molecule has 0 bridgehead atoms. The molecule has 5 aromatic rings. The molecule has 14 heteroatoms. The number of carboxylic acids is 1. The molecule has 0 aliphatic carbocycles. The second kappa shape index (κ2) is 12.2. The Morgan fingerprint density at radius 3 is 2.37 bits per heavy atom. The molecule has 8 nitrogen and oxygen atoms in total. The van der Waals surface area contributed by atoms with Crippen molar-refractivity contribution in [2.24, 2.45) is 0 Å². The first-order valence-corrected chi connectivity index (χ1v) is 13.7. The SMILES string of the molecule is N#Cc1cc(F)c(COc2nc(-c3cc(F)c(Cc4nc5c(F)cc(C(=O)O)cc5n4C[C@@H]4CCO4)cc3F)ccc2F)cc1F. The molecule has 1 N–H and O–H groups in total. The number of aromatic carboxylic acids is 1. The Hall–Kier alpha value is -5.42. The maximum atomic E-state index is 15.5. The Morgan fingerprint density at radius 1 is 0.935 bits per heavy atom. The van der Waals surface area contributed by atoms with E-state index in [2.05, 4.69) is 9.97 Å². The molecule has 1 aliphatic heterocycles. The number of hydrogen-bond donors (Lipinski definition) is 1. The predicted octanol–water partition coefficient (Wildman–Crippen LogP) is 6.46. The van der Waals surface area contributed by atoms with Gasteiger partial charge in [-0.2, -0.15) is 5.26 Å². The number of pyridine rings is 1. The van der Waals surface area contributed by atoms with Crippen molar-refractivity contribution in [1.29, 1.82) is 5.26 Å². The number of ether oxygens (including phenoxy) is 2. The third kappa shape index (κ3) is 5.84. The van der Waals surface area contributed by atoms with Crippen LogP contribution in [-0.2, 0) is 24.3 Å². The second-order valence-corrected chi connectivity index (χ2v) is 10.5. The molecular weight excluding hydrogens is 618 g/mol. The van der Waals surface area contributed by atoms with Gasteiger partial charge in [0.15, 0.2) is 11.6 Å². The molecular formula is C32H20F6N4O4. The van der Waals surface area contributed by atoms with Gasteiger partial charge in [-0.25, -0.2) is 41.1 Å². The lowest BCUT2D eigenvalue weighted by molar-refractivity contribution is -0.0589. The normalized spacial score (nSPS) is 14.2. The molecule has 0 saturated carbocycles. The predicted molar refractivity (Wildman–Crippen MR) is 149 cm³/mol. The summed E-state index contributed by atoms with van der Waals surface area (Å²) in [4.78, 5) is 19.7. The molecule has 3 heterocycles. The summed E-state index contributed by atoms with van der Waals surface area (Å²) in [5, 5.41) is 18.2. The van der Waals surface area contributed by atoms with Gasteiger partial charge < -0.3 is 19.1 Å². The number of carboxylic acid groups (broad SMARTS) is 1. The van der Waals surface area contributed by atoms with Crippen molar-refractivity contribution in [3.63, 3.8) is 0 Å². The number of rotatable bonds is 9. The molecule has 6 rings (SSSR count). The Balaban J connectivity index is 1.30. The van der Waals surface area contributed by atoms with Crippen LogP contribution in [0.15, 0.2) is 48.5 Å². The summed E-state index contributed by atoms with van der Waals surface area (Å²) >= 11 is 0. The van der Waals surface area contributed by atoms with Crippen molar-refractivity contribution in [3.8, 4) is 23.2 Å². The number of benzene rings is 3. The molecule has 3 aromatic carbocycles. The van der Waals surface area contributed by atoms with Crippen molar-refractivity contribution in [2.75, 3.05) is 6.61 Å². The lowest BCUT2D eigenvalue weighted by Crippen LogP contribution is -2.31. The van der Waals surface area contributed by atoms with Crippen LogP contribution in [0.4, 0.5) is 26.3 Å².